The fraction of sp³-hybridized carbons (Fsp3) is 0.538. The van der Waals surface area contributed by atoms with Crippen molar-refractivity contribution in [1.29, 1.82) is 0 Å². The van der Waals surface area contributed by atoms with E-state index in [4.69, 9.17) is 0 Å². The molecule has 1 amide bonds. The summed E-state index contributed by atoms with van der Waals surface area (Å²) in [6.45, 7) is 5.91. The van der Waals surface area contributed by atoms with Crippen molar-refractivity contribution in [2.45, 2.75) is 33.2 Å². The van der Waals surface area contributed by atoms with E-state index < -0.39 is 0 Å². The van der Waals surface area contributed by atoms with Crippen molar-refractivity contribution in [2.75, 3.05) is 6.61 Å². The van der Waals surface area contributed by atoms with Crippen LogP contribution < -0.4 is 5.32 Å². The molecular weight excluding hydrogens is 216 g/mol. The lowest BCUT2D eigenvalue weighted by Gasteiger charge is -2.18. The van der Waals surface area contributed by atoms with Gasteiger partial charge in [-0.25, -0.2) is 0 Å². The minimum atomic E-state index is -0.220. The van der Waals surface area contributed by atoms with E-state index in [9.17, 15) is 9.90 Å². The summed E-state index contributed by atoms with van der Waals surface area (Å²) in [6, 6.07) is 3.44. The Labute approximate surface area is 102 Å². The Hall–Kier alpha value is -1.42. The minimum absolute atomic E-state index is 0.0458. The first-order valence-corrected chi connectivity index (χ1v) is 5.88. The third-order valence-electron chi connectivity index (χ3n) is 2.54. The zero-order chi connectivity index (χ0) is 12.8. The molecule has 1 aromatic rings. The quantitative estimate of drug-likeness (QED) is 0.815. The van der Waals surface area contributed by atoms with E-state index >= 15 is 0 Å². The number of nitrogens with zero attached hydrogens (tertiary/aromatic N) is 1. The highest BCUT2D eigenvalue weighted by Crippen LogP contribution is 2.07. The Morgan fingerprint density at radius 3 is 2.76 bits per heavy atom. The van der Waals surface area contributed by atoms with Gasteiger partial charge < -0.3 is 10.4 Å². The Morgan fingerprint density at radius 2 is 2.24 bits per heavy atom. The number of hydrogen-bond donors (Lipinski definition) is 2. The first kappa shape index (κ1) is 13.6. The lowest BCUT2D eigenvalue weighted by molar-refractivity contribution is 0.0902. The molecule has 2 N–H and O–H groups in total. The molecule has 17 heavy (non-hydrogen) atoms. The van der Waals surface area contributed by atoms with Gasteiger partial charge in [0.2, 0.25) is 0 Å². The molecule has 0 fully saturated rings. The van der Waals surface area contributed by atoms with Crippen LogP contribution >= 0.6 is 0 Å². The molecule has 1 heterocycles. The molecule has 1 atom stereocenters. The van der Waals surface area contributed by atoms with Gasteiger partial charge in [-0.2, -0.15) is 0 Å². The second kappa shape index (κ2) is 6.35. The number of rotatable bonds is 5. The summed E-state index contributed by atoms with van der Waals surface area (Å²) < 4.78 is 0. The number of carbonyl (C=O) groups excluding carboxylic acids is 1. The summed E-state index contributed by atoms with van der Waals surface area (Å²) in [4.78, 5) is 16.0. The van der Waals surface area contributed by atoms with Crippen molar-refractivity contribution >= 4 is 5.91 Å². The largest absolute Gasteiger partial charge is 0.394 e. The van der Waals surface area contributed by atoms with Crippen molar-refractivity contribution in [2.24, 2.45) is 5.92 Å². The number of nitrogens with one attached hydrogen (secondary N) is 1. The van der Waals surface area contributed by atoms with Crippen LogP contribution in [0.3, 0.4) is 0 Å². The average Bonchev–Trinajstić information content (AvgIpc) is 2.27. The normalized spacial score (nSPS) is 12.5. The van der Waals surface area contributed by atoms with Crippen molar-refractivity contribution < 1.29 is 9.90 Å². The number of aryl methyl sites for hydroxylation is 1. The molecule has 0 spiro atoms. The van der Waals surface area contributed by atoms with Gasteiger partial charge in [0.25, 0.3) is 5.91 Å². The predicted octanol–water partition coefficient (Wildman–Crippen LogP) is 1.53. The summed E-state index contributed by atoms with van der Waals surface area (Å²) in [5.41, 5.74) is 1.26. The Kier molecular flexibility index (Phi) is 5.10. The van der Waals surface area contributed by atoms with Crippen LogP contribution in [-0.2, 0) is 0 Å². The van der Waals surface area contributed by atoms with Gasteiger partial charge in [0.05, 0.1) is 12.6 Å². The van der Waals surface area contributed by atoms with Gasteiger partial charge in [0, 0.05) is 6.20 Å². The highest BCUT2D eigenvalue weighted by molar-refractivity contribution is 5.93. The molecule has 0 saturated carbocycles. The fourth-order valence-corrected chi connectivity index (χ4v) is 1.73. The molecule has 0 radical (unpaired) electrons. The van der Waals surface area contributed by atoms with Crippen LogP contribution in [0.5, 0.6) is 0 Å². The molecule has 1 rings (SSSR count). The van der Waals surface area contributed by atoms with E-state index in [0.29, 0.717) is 11.6 Å². The molecule has 4 nitrogen and oxygen atoms in total. The van der Waals surface area contributed by atoms with Gasteiger partial charge in [-0.1, -0.05) is 19.9 Å². The van der Waals surface area contributed by atoms with Gasteiger partial charge in [-0.05, 0) is 30.9 Å². The molecule has 0 saturated heterocycles. The number of aromatic nitrogens is 1. The predicted molar refractivity (Wildman–Crippen MR) is 66.8 cm³/mol. The summed E-state index contributed by atoms with van der Waals surface area (Å²) in [6.07, 6.45) is 2.35. The van der Waals surface area contributed by atoms with Crippen LogP contribution in [0.2, 0.25) is 0 Å². The second-order valence-electron chi connectivity index (χ2n) is 4.65. The first-order chi connectivity index (χ1) is 8.04. The first-order valence-electron chi connectivity index (χ1n) is 5.88. The zero-order valence-corrected chi connectivity index (χ0v) is 10.6. The van der Waals surface area contributed by atoms with E-state index in [0.717, 1.165) is 12.0 Å². The van der Waals surface area contributed by atoms with E-state index in [1.165, 1.54) is 0 Å². The number of carbonyl (C=O) groups is 1. The number of hydrogen-bond acceptors (Lipinski definition) is 3. The van der Waals surface area contributed by atoms with E-state index in [2.05, 4.69) is 24.1 Å². The van der Waals surface area contributed by atoms with E-state index in [1.54, 1.807) is 12.3 Å². The molecule has 0 bridgehead atoms. The van der Waals surface area contributed by atoms with Crippen LogP contribution in [0.25, 0.3) is 0 Å². The highest BCUT2D eigenvalue weighted by atomic mass is 16.3. The number of amides is 1. The Bertz CT molecular complexity index is 377. The second-order valence-corrected chi connectivity index (χ2v) is 4.65. The third kappa shape index (κ3) is 4.15. The highest BCUT2D eigenvalue weighted by Gasteiger charge is 2.16. The number of aliphatic hydroxyl groups excluding tert-OH is 1. The molecule has 0 aliphatic carbocycles. The average molecular weight is 236 g/mol. The fourth-order valence-electron chi connectivity index (χ4n) is 1.73. The lowest BCUT2D eigenvalue weighted by Crippen LogP contribution is -2.39. The summed E-state index contributed by atoms with van der Waals surface area (Å²) in [5, 5.41) is 12.0. The summed E-state index contributed by atoms with van der Waals surface area (Å²) in [7, 11) is 0. The molecule has 0 aromatic carbocycles. The number of aliphatic hydroxyl groups is 1. The van der Waals surface area contributed by atoms with Crippen LogP contribution in [0.4, 0.5) is 0 Å². The maximum Gasteiger partial charge on any atom is 0.270 e. The van der Waals surface area contributed by atoms with Crippen LogP contribution in [-0.4, -0.2) is 28.6 Å². The molecular formula is C13H20N2O2. The zero-order valence-electron chi connectivity index (χ0n) is 10.6. The SMILES string of the molecule is Cc1cccnc1C(=O)NC(CO)CC(C)C. The van der Waals surface area contributed by atoms with Crippen molar-refractivity contribution in [3.8, 4) is 0 Å². The van der Waals surface area contributed by atoms with E-state index in [1.807, 2.05) is 13.0 Å². The summed E-state index contributed by atoms with van der Waals surface area (Å²) in [5.74, 6) is 0.208. The topological polar surface area (TPSA) is 62.2 Å². The minimum Gasteiger partial charge on any atom is -0.394 e. The Morgan fingerprint density at radius 1 is 1.53 bits per heavy atom. The lowest BCUT2D eigenvalue weighted by atomic mass is 10.0. The van der Waals surface area contributed by atoms with Crippen molar-refractivity contribution in [3.63, 3.8) is 0 Å². The van der Waals surface area contributed by atoms with Gasteiger partial charge in [-0.15, -0.1) is 0 Å². The molecule has 0 aliphatic rings. The van der Waals surface area contributed by atoms with Crippen molar-refractivity contribution in [1.82, 2.24) is 10.3 Å². The number of pyridine rings is 1. The molecule has 1 unspecified atom stereocenters. The molecule has 0 aliphatic heterocycles. The van der Waals surface area contributed by atoms with Gasteiger partial charge in [0.1, 0.15) is 5.69 Å². The monoisotopic (exact) mass is 236 g/mol. The maximum absolute atomic E-state index is 11.9. The van der Waals surface area contributed by atoms with Crippen LogP contribution in [0.1, 0.15) is 36.3 Å². The van der Waals surface area contributed by atoms with Gasteiger partial charge in [0.15, 0.2) is 0 Å². The molecule has 94 valence electrons. The third-order valence-corrected chi connectivity index (χ3v) is 2.54. The Balaban J connectivity index is 2.68. The van der Waals surface area contributed by atoms with E-state index in [-0.39, 0.29) is 18.6 Å². The van der Waals surface area contributed by atoms with Crippen molar-refractivity contribution in [3.05, 3.63) is 29.6 Å². The van der Waals surface area contributed by atoms with Gasteiger partial charge in [-0.3, -0.25) is 9.78 Å². The smallest absolute Gasteiger partial charge is 0.270 e. The molecule has 4 heteroatoms. The van der Waals surface area contributed by atoms with Gasteiger partial charge >= 0.3 is 0 Å². The maximum atomic E-state index is 11.9. The van der Waals surface area contributed by atoms with Crippen LogP contribution in [0.15, 0.2) is 18.3 Å². The summed E-state index contributed by atoms with van der Waals surface area (Å²) >= 11 is 0. The molecule has 1 aromatic heterocycles. The van der Waals surface area contributed by atoms with Crippen LogP contribution in [0, 0.1) is 12.8 Å². The standard InChI is InChI=1S/C13H20N2O2/c1-9(2)7-11(8-16)15-13(17)12-10(3)5-4-6-14-12/h4-6,9,11,16H,7-8H2,1-3H3,(H,15,17).